The molecule has 0 atom stereocenters. The zero-order valence-electron chi connectivity index (χ0n) is 2.51. The van der Waals surface area contributed by atoms with Crippen LogP contribution in [0.25, 0.3) is 0 Å². The molecular weight excluding hydrogens is 118 g/mol. The quantitative estimate of drug-likeness (QED) is 0.389. The number of carboxylic acids is 1. The first kappa shape index (κ1) is 15.8. The maximum atomic E-state index is 9.12. The van der Waals surface area contributed by atoms with Gasteiger partial charge in [-0.1, -0.05) is 0 Å². The summed E-state index contributed by atoms with van der Waals surface area (Å²) in [5, 5.41) is 15.0. The van der Waals surface area contributed by atoms with Crippen molar-refractivity contribution in [2.75, 3.05) is 6.61 Å². The molecule has 0 unspecified atom stereocenters. The third-order valence-corrected chi connectivity index (χ3v) is 0.135. The Kier molecular flexibility index (Phi) is 23.5. The van der Waals surface area contributed by atoms with Crippen LogP contribution in [0.1, 0.15) is 0 Å². The van der Waals surface area contributed by atoms with Gasteiger partial charge >= 0.3 is 65.1 Å². The molecule has 0 aliphatic heterocycles. The van der Waals surface area contributed by atoms with Crippen molar-refractivity contribution in [3.8, 4) is 0 Å². The van der Waals surface area contributed by atoms with Crippen molar-refractivity contribution in [3.05, 3.63) is 0 Å². The predicted octanol–water partition coefficient (Wildman–Crippen LogP) is -2.23. The molecule has 0 saturated carbocycles. The molecule has 34 valence electrons. The summed E-state index contributed by atoms with van der Waals surface area (Å²) in [6.07, 6.45) is 0. The number of aliphatic hydroxyl groups is 1. The Balaban J connectivity index is -0.0000000800. The van der Waals surface area contributed by atoms with Gasteiger partial charge in [0.05, 0.1) is 0 Å². The van der Waals surface area contributed by atoms with Crippen LogP contribution in [0.3, 0.4) is 0 Å². The zero-order valence-corrected chi connectivity index (χ0v) is 2.51. The van der Waals surface area contributed by atoms with Gasteiger partial charge in [-0.15, -0.1) is 0 Å². The van der Waals surface area contributed by atoms with Crippen LogP contribution in [-0.2, 0) is 4.79 Å². The van der Waals surface area contributed by atoms with Crippen molar-refractivity contribution < 1.29 is 15.0 Å². The van der Waals surface area contributed by atoms with Crippen molar-refractivity contribution in [2.24, 2.45) is 0 Å². The molecule has 2 N–H and O–H groups in total. The van der Waals surface area contributed by atoms with Gasteiger partial charge in [0, 0.05) is 0 Å². The molecule has 0 rings (SSSR count). The van der Waals surface area contributed by atoms with Gasteiger partial charge in [-0.25, -0.2) is 4.79 Å². The van der Waals surface area contributed by atoms with Crippen molar-refractivity contribution in [2.45, 2.75) is 0 Å². The first-order chi connectivity index (χ1) is 2.27. The van der Waals surface area contributed by atoms with Crippen molar-refractivity contribution in [1.82, 2.24) is 0 Å². The molecule has 0 aromatic heterocycles. The van der Waals surface area contributed by atoms with Gasteiger partial charge in [-0.2, -0.15) is 0 Å². The summed E-state index contributed by atoms with van der Waals surface area (Å²) in [4.78, 5) is 9.12. The van der Waals surface area contributed by atoms with Gasteiger partial charge in [0.15, 0.2) is 0 Å². The Morgan fingerprint density at radius 1 is 1.43 bits per heavy atom. The third kappa shape index (κ3) is 18.6. The van der Waals surface area contributed by atoms with Crippen molar-refractivity contribution in [1.29, 1.82) is 0 Å². The molecule has 0 fully saturated rings. The summed E-state index contributed by atoms with van der Waals surface area (Å²) >= 11 is 0. The molecule has 0 aliphatic carbocycles. The van der Waals surface area contributed by atoms with Crippen molar-refractivity contribution in [3.63, 3.8) is 0 Å². The summed E-state index contributed by atoms with van der Waals surface area (Å²) in [5.74, 6) is -1.19. The minimum absolute atomic E-state index is 0. The average Bonchev–Trinajstić information content (AvgIpc) is 1.38. The Hall–Kier alpha value is 1.43. The SMILES string of the molecule is O=C(O)CO.[NaH].[NaH]. The van der Waals surface area contributed by atoms with E-state index in [1.807, 2.05) is 0 Å². The van der Waals surface area contributed by atoms with Crippen LogP contribution in [0, 0.1) is 0 Å². The number of carboxylic acid groups (broad SMARTS) is 1. The molecule has 0 spiro atoms. The summed E-state index contributed by atoms with van der Waals surface area (Å²) in [6.45, 7) is -0.778. The summed E-state index contributed by atoms with van der Waals surface area (Å²) < 4.78 is 0. The Labute approximate surface area is 85.7 Å². The van der Waals surface area contributed by atoms with E-state index >= 15 is 0 Å². The third-order valence-electron chi connectivity index (χ3n) is 0.135. The van der Waals surface area contributed by atoms with E-state index < -0.39 is 12.6 Å². The van der Waals surface area contributed by atoms with Gasteiger partial charge in [0.1, 0.15) is 6.61 Å². The van der Waals surface area contributed by atoms with Gasteiger partial charge < -0.3 is 10.2 Å². The number of carbonyl (C=O) groups is 1. The van der Waals surface area contributed by atoms with Crippen LogP contribution < -0.4 is 0 Å². The van der Waals surface area contributed by atoms with E-state index in [2.05, 4.69) is 0 Å². The van der Waals surface area contributed by atoms with E-state index in [9.17, 15) is 0 Å². The van der Waals surface area contributed by atoms with E-state index in [0.717, 1.165) is 0 Å². The summed E-state index contributed by atoms with van der Waals surface area (Å²) in [7, 11) is 0. The normalized spacial score (nSPS) is 5.29. The standard InChI is InChI=1S/C2H4O3.2Na.2H/c3-1-2(4)5;;;;/h3H,1H2,(H,4,5);;;;. The molecule has 0 heterocycles. The molecule has 0 aromatic rings. The van der Waals surface area contributed by atoms with E-state index in [4.69, 9.17) is 15.0 Å². The number of hydrogen-bond donors (Lipinski definition) is 2. The van der Waals surface area contributed by atoms with Crippen LogP contribution in [0.5, 0.6) is 0 Å². The molecule has 0 saturated heterocycles. The number of rotatable bonds is 1. The molecular formula is C2H6Na2O3. The van der Waals surface area contributed by atoms with Crippen LogP contribution in [-0.4, -0.2) is 81.9 Å². The van der Waals surface area contributed by atoms with Gasteiger partial charge in [-0.3, -0.25) is 0 Å². The second-order valence-corrected chi connectivity index (χ2v) is 0.552. The van der Waals surface area contributed by atoms with Crippen LogP contribution >= 0.6 is 0 Å². The monoisotopic (exact) mass is 124 g/mol. The average molecular weight is 124 g/mol. The fraction of sp³-hybridized carbons (Fsp3) is 0.500. The van der Waals surface area contributed by atoms with Crippen LogP contribution in [0.2, 0.25) is 0 Å². The van der Waals surface area contributed by atoms with Crippen molar-refractivity contribution >= 4 is 65.1 Å². The van der Waals surface area contributed by atoms with E-state index in [0.29, 0.717) is 0 Å². The first-order valence-corrected chi connectivity index (χ1v) is 1.10. The Morgan fingerprint density at radius 2 is 1.57 bits per heavy atom. The predicted molar refractivity (Wildman–Crippen MR) is 29.0 cm³/mol. The zero-order chi connectivity index (χ0) is 4.28. The Morgan fingerprint density at radius 3 is 1.57 bits per heavy atom. The molecule has 0 amide bonds. The van der Waals surface area contributed by atoms with Gasteiger partial charge in [0.2, 0.25) is 0 Å². The second kappa shape index (κ2) is 10.4. The van der Waals surface area contributed by atoms with E-state index in [1.54, 1.807) is 0 Å². The summed E-state index contributed by atoms with van der Waals surface area (Å²) in [6, 6.07) is 0. The first-order valence-electron chi connectivity index (χ1n) is 1.10. The molecule has 0 bridgehead atoms. The van der Waals surface area contributed by atoms with E-state index in [1.165, 1.54) is 0 Å². The molecule has 0 aromatic carbocycles. The fourth-order valence-corrected chi connectivity index (χ4v) is 0. The van der Waals surface area contributed by atoms with Gasteiger partial charge in [-0.05, 0) is 0 Å². The van der Waals surface area contributed by atoms with Crippen LogP contribution in [0.4, 0.5) is 0 Å². The van der Waals surface area contributed by atoms with Crippen LogP contribution in [0.15, 0.2) is 0 Å². The number of aliphatic hydroxyl groups excluding tert-OH is 1. The molecule has 5 heteroatoms. The second-order valence-electron chi connectivity index (χ2n) is 0.552. The molecule has 0 radical (unpaired) electrons. The number of hydrogen-bond acceptors (Lipinski definition) is 2. The Bertz CT molecular complexity index is 46.2. The minimum atomic E-state index is -1.19. The molecule has 3 nitrogen and oxygen atoms in total. The molecule has 0 aliphatic rings. The van der Waals surface area contributed by atoms with E-state index in [-0.39, 0.29) is 59.1 Å². The van der Waals surface area contributed by atoms with Gasteiger partial charge in [0.25, 0.3) is 0 Å². The fourth-order valence-electron chi connectivity index (χ4n) is 0. The number of aliphatic carboxylic acids is 1. The topological polar surface area (TPSA) is 57.5 Å². The molecule has 7 heavy (non-hydrogen) atoms. The maximum absolute atomic E-state index is 9.12. The summed E-state index contributed by atoms with van der Waals surface area (Å²) in [5.41, 5.74) is 0.